The van der Waals surface area contributed by atoms with E-state index in [2.05, 4.69) is 50.8 Å². The van der Waals surface area contributed by atoms with Gasteiger partial charge in [0.1, 0.15) is 5.76 Å². The molecule has 32 heavy (non-hydrogen) atoms. The van der Waals surface area contributed by atoms with Crippen LogP contribution in [0.1, 0.15) is 18.6 Å². The number of hydrogen-bond donors (Lipinski definition) is 2. The third kappa shape index (κ3) is 7.97. The summed E-state index contributed by atoms with van der Waals surface area (Å²) in [5.74, 6) is 1.91. The number of benzene rings is 1. The molecule has 8 heteroatoms. The molecule has 4 rings (SSSR count). The maximum absolute atomic E-state index is 5.45. The highest BCUT2D eigenvalue weighted by molar-refractivity contribution is 14.0. The summed E-state index contributed by atoms with van der Waals surface area (Å²) in [5.41, 5.74) is 1.29. The number of anilines is 1. The maximum Gasteiger partial charge on any atom is 0.191 e. The van der Waals surface area contributed by atoms with Crippen LogP contribution in [0.25, 0.3) is 0 Å². The zero-order valence-corrected chi connectivity index (χ0v) is 21.1. The van der Waals surface area contributed by atoms with Crippen LogP contribution < -0.4 is 15.5 Å². The van der Waals surface area contributed by atoms with Crippen LogP contribution in [-0.4, -0.2) is 75.9 Å². The van der Waals surface area contributed by atoms with E-state index in [1.807, 2.05) is 12.1 Å². The van der Waals surface area contributed by atoms with Crippen LogP contribution in [0.2, 0.25) is 0 Å². The van der Waals surface area contributed by atoms with Crippen molar-refractivity contribution in [2.75, 3.05) is 63.9 Å². The Balaban J connectivity index is 0.00000289. The topological polar surface area (TPSA) is 65.3 Å². The van der Waals surface area contributed by atoms with E-state index in [4.69, 9.17) is 14.1 Å². The van der Waals surface area contributed by atoms with Crippen LogP contribution in [0.5, 0.6) is 0 Å². The van der Waals surface area contributed by atoms with Gasteiger partial charge in [0.25, 0.3) is 0 Å². The highest BCUT2D eigenvalue weighted by Gasteiger charge is 2.23. The summed E-state index contributed by atoms with van der Waals surface area (Å²) in [5, 5.41) is 7.17. The lowest BCUT2D eigenvalue weighted by atomic mass is 10.2. The minimum Gasteiger partial charge on any atom is -0.469 e. The predicted molar refractivity (Wildman–Crippen MR) is 140 cm³/mol. The summed E-state index contributed by atoms with van der Waals surface area (Å²) in [6.07, 6.45) is 4.75. The largest absolute Gasteiger partial charge is 0.469 e. The Morgan fingerprint density at radius 1 is 1.06 bits per heavy atom. The van der Waals surface area contributed by atoms with Gasteiger partial charge in [0.05, 0.1) is 19.5 Å². The van der Waals surface area contributed by atoms with Gasteiger partial charge in [-0.1, -0.05) is 18.2 Å². The fourth-order valence-corrected chi connectivity index (χ4v) is 4.17. The number of furan rings is 1. The number of nitrogens with zero attached hydrogens (tertiary/aromatic N) is 3. The van der Waals surface area contributed by atoms with Gasteiger partial charge in [0, 0.05) is 64.0 Å². The summed E-state index contributed by atoms with van der Waals surface area (Å²) in [6, 6.07) is 15.0. The Hall–Kier alpha value is -1.78. The number of aliphatic imine (C=N–C) groups is 1. The third-order valence-corrected chi connectivity index (χ3v) is 5.90. The first-order chi connectivity index (χ1) is 15.4. The second-order valence-corrected chi connectivity index (χ2v) is 8.21. The lowest BCUT2D eigenvalue weighted by Crippen LogP contribution is -2.45. The third-order valence-electron chi connectivity index (χ3n) is 5.90. The van der Waals surface area contributed by atoms with E-state index in [0.29, 0.717) is 6.04 Å². The van der Waals surface area contributed by atoms with Crippen molar-refractivity contribution in [3.8, 4) is 0 Å². The molecule has 0 radical (unpaired) electrons. The van der Waals surface area contributed by atoms with Crippen molar-refractivity contribution in [1.29, 1.82) is 0 Å². The number of hydrogen-bond acceptors (Lipinski definition) is 5. The van der Waals surface area contributed by atoms with Gasteiger partial charge < -0.3 is 24.7 Å². The van der Waals surface area contributed by atoms with E-state index in [9.17, 15) is 0 Å². The second-order valence-electron chi connectivity index (χ2n) is 8.21. The van der Waals surface area contributed by atoms with Gasteiger partial charge in [-0.25, -0.2) is 0 Å². The number of morpholine rings is 1. The molecule has 3 heterocycles. The molecule has 0 aliphatic carbocycles. The molecule has 1 unspecified atom stereocenters. The molecule has 1 atom stereocenters. The first-order valence-corrected chi connectivity index (χ1v) is 11.5. The zero-order valence-electron chi connectivity index (χ0n) is 18.7. The average molecular weight is 553 g/mol. The molecule has 1 aromatic carbocycles. The first kappa shape index (κ1) is 24.9. The van der Waals surface area contributed by atoms with Gasteiger partial charge in [0.2, 0.25) is 0 Å². The minimum atomic E-state index is 0. The van der Waals surface area contributed by atoms with E-state index in [1.54, 1.807) is 6.26 Å². The molecule has 0 spiro atoms. The molecule has 2 aliphatic rings. The lowest BCUT2D eigenvalue weighted by molar-refractivity contribution is 0.0377. The van der Waals surface area contributed by atoms with Crippen molar-refractivity contribution in [3.05, 3.63) is 54.5 Å². The Morgan fingerprint density at radius 2 is 1.91 bits per heavy atom. The lowest BCUT2D eigenvalue weighted by Gasteiger charge is -2.26. The first-order valence-electron chi connectivity index (χ1n) is 11.5. The number of ether oxygens (including phenoxy) is 1. The highest BCUT2D eigenvalue weighted by atomic mass is 127. The monoisotopic (exact) mass is 553 g/mol. The molecule has 7 nitrogen and oxygen atoms in total. The minimum absolute atomic E-state index is 0. The molecular weight excluding hydrogens is 517 g/mol. The maximum atomic E-state index is 5.45. The van der Waals surface area contributed by atoms with E-state index in [1.165, 1.54) is 5.69 Å². The summed E-state index contributed by atoms with van der Waals surface area (Å²) in [4.78, 5) is 9.78. The fourth-order valence-electron chi connectivity index (χ4n) is 4.17. The number of guanidine groups is 1. The van der Waals surface area contributed by atoms with Gasteiger partial charge in [-0.05, 0) is 37.1 Å². The standard InChI is InChI=1S/C24H35N5O2.HI/c1-2-6-22(7-3-1)29-14-10-21(20-29)27-24(26-12-9-23-8-4-17-31-23)25-11-5-13-28-15-18-30-19-16-28;/h1-4,6-8,17,21H,5,9-16,18-20H2,(H2,25,26,27);1H. The van der Waals surface area contributed by atoms with Crippen LogP contribution in [0.3, 0.4) is 0 Å². The van der Waals surface area contributed by atoms with Crippen molar-refractivity contribution < 1.29 is 9.15 Å². The molecule has 2 aromatic rings. The zero-order chi connectivity index (χ0) is 21.1. The van der Waals surface area contributed by atoms with E-state index in [-0.39, 0.29) is 24.0 Å². The Morgan fingerprint density at radius 3 is 2.69 bits per heavy atom. The quantitative estimate of drug-likeness (QED) is 0.216. The van der Waals surface area contributed by atoms with E-state index in [0.717, 1.165) is 90.0 Å². The molecule has 2 N–H and O–H groups in total. The van der Waals surface area contributed by atoms with Crippen LogP contribution in [0.4, 0.5) is 5.69 Å². The number of nitrogens with one attached hydrogen (secondary N) is 2. The van der Waals surface area contributed by atoms with Gasteiger partial charge >= 0.3 is 0 Å². The van der Waals surface area contributed by atoms with E-state index >= 15 is 0 Å². The molecule has 1 aromatic heterocycles. The van der Waals surface area contributed by atoms with Crippen molar-refractivity contribution >= 4 is 35.6 Å². The predicted octanol–water partition coefficient (Wildman–Crippen LogP) is 2.98. The molecule has 0 bridgehead atoms. The van der Waals surface area contributed by atoms with E-state index < -0.39 is 0 Å². The number of rotatable bonds is 9. The Labute approximate surface area is 208 Å². The summed E-state index contributed by atoms with van der Waals surface area (Å²) < 4.78 is 10.9. The normalized spacial score (nSPS) is 19.6. The van der Waals surface area contributed by atoms with Crippen LogP contribution in [0.15, 0.2) is 58.1 Å². The van der Waals surface area contributed by atoms with Crippen LogP contribution in [-0.2, 0) is 11.2 Å². The Kier molecular flexibility index (Phi) is 10.6. The number of para-hydroxylation sites is 1. The van der Waals surface area contributed by atoms with Crippen molar-refractivity contribution in [2.45, 2.75) is 25.3 Å². The molecule has 2 saturated heterocycles. The SMILES string of the molecule is I.c1ccc(N2CCC(NC(=NCCCN3CCOCC3)NCCc3ccco3)C2)cc1. The summed E-state index contributed by atoms with van der Waals surface area (Å²) >= 11 is 0. The molecule has 0 amide bonds. The van der Waals surface area contributed by atoms with Crippen molar-refractivity contribution in [1.82, 2.24) is 15.5 Å². The number of halogens is 1. The van der Waals surface area contributed by atoms with Gasteiger partial charge in [-0.3, -0.25) is 9.89 Å². The average Bonchev–Trinajstić information content (AvgIpc) is 3.50. The smallest absolute Gasteiger partial charge is 0.191 e. The fraction of sp³-hybridized carbons (Fsp3) is 0.542. The summed E-state index contributed by atoms with van der Waals surface area (Å²) in [7, 11) is 0. The molecule has 2 aliphatic heterocycles. The molecule has 176 valence electrons. The van der Waals surface area contributed by atoms with Gasteiger partial charge in [-0.2, -0.15) is 0 Å². The summed E-state index contributed by atoms with van der Waals surface area (Å²) in [6.45, 7) is 8.54. The van der Waals surface area contributed by atoms with Crippen molar-refractivity contribution in [3.63, 3.8) is 0 Å². The molecular formula is C24H36IN5O2. The second kappa shape index (κ2) is 13.7. The van der Waals surface area contributed by atoms with Crippen LogP contribution >= 0.6 is 24.0 Å². The Bertz CT molecular complexity index is 781. The van der Waals surface area contributed by atoms with Crippen molar-refractivity contribution in [2.24, 2.45) is 4.99 Å². The van der Waals surface area contributed by atoms with Gasteiger partial charge in [0.15, 0.2) is 5.96 Å². The van der Waals surface area contributed by atoms with Crippen LogP contribution in [0, 0.1) is 0 Å². The molecule has 2 fully saturated rings. The van der Waals surface area contributed by atoms with Gasteiger partial charge in [-0.15, -0.1) is 24.0 Å². The molecule has 0 saturated carbocycles. The highest BCUT2D eigenvalue weighted by Crippen LogP contribution is 2.19.